The molecule has 0 radical (unpaired) electrons. The van der Waals surface area contributed by atoms with Gasteiger partial charge < -0.3 is 5.32 Å². The number of hydroxylamine groups is 2. The van der Waals surface area contributed by atoms with Gasteiger partial charge in [-0.1, -0.05) is 0 Å². The number of hydrogen-bond acceptors (Lipinski definition) is 3. The summed E-state index contributed by atoms with van der Waals surface area (Å²) >= 11 is 0. The summed E-state index contributed by atoms with van der Waals surface area (Å²) in [5, 5.41) is 12.4. The normalized spacial score (nSPS) is 18.2. The van der Waals surface area contributed by atoms with E-state index in [4.69, 9.17) is 5.21 Å². The smallest absolute Gasteiger partial charge is 0.246 e. The first-order valence-electron chi connectivity index (χ1n) is 3.36. The van der Waals surface area contributed by atoms with E-state index in [1.165, 1.54) is 7.05 Å². The van der Waals surface area contributed by atoms with Crippen LogP contribution in [-0.2, 0) is 4.79 Å². The lowest BCUT2D eigenvalue weighted by atomic mass is 9.99. The van der Waals surface area contributed by atoms with Crippen molar-refractivity contribution < 1.29 is 10.0 Å². The third-order valence-electron chi connectivity index (χ3n) is 1.69. The summed E-state index contributed by atoms with van der Waals surface area (Å²) in [6, 6.07) is 0. The van der Waals surface area contributed by atoms with Crippen molar-refractivity contribution in [2.45, 2.75) is 6.42 Å². The van der Waals surface area contributed by atoms with Crippen molar-refractivity contribution in [1.82, 2.24) is 10.4 Å². The molecular formula is C6H12N2O2. The zero-order valence-corrected chi connectivity index (χ0v) is 6.00. The Hall–Kier alpha value is -0.610. The third kappa shape index (κ3) is 1.68. The van der Waals surface area contributed by atoms with Gasteiger partial charge in [-0.25, -0.2) is 5.06 Å². The van der Waals surface area contributed by atoms with Crippen molar-refractivity contribution >= 4 is 5.91 Å². The highest BCUT2D eigenvalue weighted by atomic mass is 16.5. The molecule has 4 nitrogen and oxygen atoms in total. The highest BCUT2D eigenvalue weighted by Gasteiger charge is 2.21. The number of hydrogen-bond donors (Lipinski definition) is 2. The summed E-state index contributed by atoms with van der Waals surface area (Å²) in [6.07, 6.45) is 0.458. The minimum Gasteiger partial charge on any atom is -0.316 e. The number of amides is 1. The quantitative estimate of drug-likeness (QED) is 0.403. The number of nitrogens with zero attached hydrogens (tertiary/aromatic N) is 1. The molecule has 10 heavy (non-hydrogen) atoms. The van der Waals surface area contributed by atoms with Gasteiger partial charge in [-0.15, -0.1) is 0 Å². The lowest BCUT2D eigenvalue weighted by Gasteiger charge is -2.26. The molecule has 1 aliphatic rings. The Kier molecular flexibility index (Phi) is 2.24. The van der Waals surface area contributed by atoms with Gasteiger partial charge in [-0.2, -0.15) is 0 Å². The van der Waals surface area contributed by atoms with Crippen molar-refractivity contribution in [3.8, 4) is 0 Å². The maximum Gasteiger partial charge on any atom is 0.246 e. The van der Waals surface area contributed by atoms with E-state index in [1.807, 2.05) is 0 Å². The van der Waals surface area contributed by atoms with Gasteiger partial charge in [-0.3, -0.25) is 10.0 Å². The molecule has 0 spiro atoms. The lowest BCUT2D eigenvalue weighted by molar-refractivity contribution is -0.160. The molecule has 1 fully saturated rings. The van der Waals surface area contributed by atoms with Crippen molar-refractivity contribution in [3.63, 3.8) is 0 Å². The van der Waals surface area contributed by atoms with E-state index in [1.54, 1.807) is 0 Å². The summed E-state index contributed by atoms with van der Waals surface area (Å²) in [6.45, 7) is 1.80. The molecule has 1 amide bonds. The molecule has 58 valence electrons. The van der Waals surface area contributed by atoms with Gasteiger partial charge in [-0.05, 0) is 19.0 Å². The zero-order valence-electron chi connectivity index (χ0n) is 6.00. The molecular weight excluding hydrogens is 132 g/mol. The Bertz CT molecular complexity index is 132. The molecule has 0 atom stereocenters. The van der Waals surface area contributed by atoms with Crippen LogP contribution in [0.5, 0.6) is 0 Å². The summed E-state index contributed by atoms with van der Waals surface area (Å²) in [4.78, 5) is 10.8. The van der Waals surface area contributed by atoms with Crippen LogP contribution in [0.25, 0.3) is 0 Å². The van der Waals surface area contributed by atoms with E-state index >= 15 is 0 Å². The first-order valence-corrected chi connectivity index (χ1v) is 3.36. The van der Waals surface area contributed by atoms with Crippen molar-refractivity contribution in [3.05, 3.63) is 0 Å². The molecule has 0 saturated carbocycles. The number of rotatable bonds is 2. The van der Waals surface area contributed by atoms with Crippen molar-refractivity contribution in [2.75, 3.05) is 20.1 Å². The number of nitrogens with one attached hydrogen (secondary N) is 1. The van der Waals surface area contributed by atoms with Crippen LogP contribution in [0.1, 0.15) is 6.42 Å². The van der Waals surface area contributed by atoms with E-state index in [9.17, 15) is 4.79 Å². The minimum absolute atomic E-state index is 0.202. The second-order valence-electron chi connectivity index (χ2n) is 2.65. The zero-order chi connectivity index (χ0) is 7.56. The first kappa shape index (κ1) is 7.50. The second-order valence-corrected chi connectivity index (χ2v) is 2.65. The Morgan fingerprint density at radius 2 is 2.40 bits per heavy atom. The highest BCUT2D eigenvalue weighted by molar-refractivity contribution is 5.74. The largest absolute Gasteiger partial charge is 0.316 e. The fourth-order valence-corrected chi connectivity index (χ4v) is 0.872. The maximum absolute atomic E-state index is 10.8. The van der Waals surface area contributed by atoms with E-state index in [-0.39, 0.29) is 5.91 Å². The molecule has 0 aromatic rings. The van der Waals surface area contributed by atoms with E-state index in [0.717, 1.165) is 13.1 Å². The monoisotopic (exact) mass is 144 g/mol. The Balaban J connectivity index is 2.17. The lowest BCUT2D eigenvalue weighted by Crippen LogP contribution is -2.44. The molecule has 1 heterocycles. The Morgan fingerprint density at radius 3 is 2.70 bits per heavy atom. The molecule has 0 aromatic heterocycles. The number of carbonyl (C=O) groups excluding carboxylic acids is 1. The SMILES string of the molecule is CN(O)C(=O)CC1CNC1. The molecule has 0 unspecified atom stereocenters. The van der Waals surface area contributed by atoms with Crippen LogP contribution in [0.3, 0.4) is 0 Å². The predicted molar refractivity (Wildman–Crippen MR) is 35.5 cm³/mol. The molecule has 4 heteroatoms. The van der Waals surface area contributed by atoms with E-state index in [0.29, 0.717) is 17.4 Å². The fraction of sp³-hybridized carbons (Fsp3) is 0.833. The van der Waals surface area contributed by atoms with Crippen LogP contribution < -0.4 is 5.32 Å². The minimum atomic E-state index is -0.202. The molecule has 0 aliphatic carbocycles. The molecule has 2 N–H and O–H groups in total. The third-order valence-corrected chi connectivity index (χ3v) is 1.69. The average molecular weight is 144 g/mol. The second kappa shape index (κ2) is 2.98. The van der Waals surface area contributed by atoms with Crippen molar-refractivity contribution in [1.29, 1.82) is 0 Å². The van der Waals surface area contributed by atoms with Gasteiger partial charge in [0.05, 0.1) is 0 Å². The Morgan fingerprint density at radius 1 is 1.80 bits per heavy atom. The van der Waals surface area contributed by atoms with Gasteiger partial charge in [0.25, 0.3) is 0 Å². The predicted octanol–water partition coefficient (Wildman–Crippen LogP) is -0.556. The van der Waals surface area contributed by atoms with Gasteiger partial charge in [0.2, 0.25) is 5.91 Å². The summed E-state index contributed by atoms with van der Waals surface area (Å²) in [5.74, 6) is 0.230. The first-order chi connectivity index (χ1) is 4.70. The fourth-order valence-electron chi connectivity index (χ4n) is 0.872. The highest BCUT2D eigenvalue weighted by Crippen LogP contribution is 2.08. The molecule has 1 saturated heterocycles. The van der Waals surface area contributed by atoms with Crippen LogP contribution in [0, 0.1) is 5.92 Å². The summed E-state index contributed by atoms with van der Waals surface area (Å²) < 4.78 is 0. The molecule has 1 aliphatic heterocycles. The van der Waals surface area contributed by atoms with Crippen LogP contribution in [-0.4, -0.2) is 36.3 Å². The van der Waals surface area contributed by atoms with Gasteiger partial charge in [0.15, 0.2) is 0 Å². The maximum atomic E-state index is 10.8. The Labute approximate surface area is 59.8 Å². The molecule has 0 bridgehead atoms. The molecule has 1 rings (SSSR count). The van der Waals surface area contributed by atoms with Gasteiger partial charge >= 0.3 is 0 Å². The van der Waals surface area contributed by atoms with Crippen LogP contribution in [0.2, 0.25) is 0 Å². The topological polar surface area (TPSA) is 52.6 Å². The van der Waals surface area contributed by atoms with E-state index in [2.05, 4.69) is 5.32 Å². The van der Waals surface area contributed by atoms with Crippen LogP contribution in [0.4, 0.5) is 0 Å². The van der Waals surface area contributed by atoms with Crippen LogP contribution >= 0.6 is 0 Å². The number of carbonyl (C=O) groups is 1. The summed E-state index contributed by atoms with van der Waals surface area (Å²) in [7, 11) is 1.36. The van der Waals surface area contributed by atoms with Crippen LogP contribution in [0.15, 0.2) is 0 Å². The summed E-state index contributed by atoms with van der Waals surface area (Å²) in [5.41, 5.74) is 0. The van der Waals surface area contributed by atoms with Gasteiger partial charge in [0.1, 0.15) is 0 Å². The molecule has 0 aromatic carbocycles. The van der Waals surface area contributed by atoms with Crippen molar-refractivity contribution in [2.24, 2.45) is 5.92 Å². The average Bonchev–Trinajstić information content (AvgIpc) is 1.77. The van der Waals surface area contributed by atoms with E-state index < -0.39 is 0 Å². The standard InChI is InChI=1S/C6H12N2O2/c1-8(10)6(9)2-5-3-7-4-5/h5,7,10H,2-4H2,1H3. The van der Waals surface area contributed by atoms with Gasteiger partial charge in [0, 0.05) is 13.5 Å².